The van der Waals surface area contributed by atoms with Crippen LogP contribution in [0.25, 0.3) is 0 Å². The third-order valence-corrected chi connectivity index (χ3v) is 2.93. The fourth-order valence-corrected chi connectivity index (χ4v) is 1.92. The molecule has 0 unspecified atom stereocenters. The molecule has 0 spiro atoms. The second-order valence-electron chi connectivity index (χ2n) is 4.24. The van der Waals surface area contributed by atoms with Gasteiger partial charge in [-0.25, -0.2) is 4.79 Å². The maximum atomic E-state index is 12.5. The summed E-state index contributed by atoms with van der Waals surface area (Å²) in [7, 11) is 1.11. The number of esters is 1. The molecule has 0 amide bonds. The smallest absolute Gasteiger partial charge is 0.405 e. The highest BCUT2D eigenvalue weighted by atomic mass is 16.6. The summed E-state index contributed by atoms with van der Waals surface area (Å²) >= 11 is 0. The van der Waals surface area contributed by atoms with Crippen LogP contribution in [0, 0.1) is 15.3 Å². The van der Waals surface area contributed by atoms with Crippen molar-refractivity contribution < 1.29 is 19.2 Å². The van der Waals surface area contributed by atoms with E-state index in [1.807, 2.05) is 0 Å². The topological polar surface area (TPSA) is 95.5 Å². The van der Waals surface area contributed by atoms with Gasteiger partial charge < -0.3 is 9.94 Å². The Kier molecular flexibility index (Phi) is 4.47. The van der Waals surface area contributed by atoms with Gasteiger partial charge in [0.25, 0.3) is 5.69 Å². The molecule has 0 saturated carbocycles. The SMILES string of the molecule is COC(=O)/C(c1ccccc1[N+](=O)[O-])=[N+](/[O-])c1ccccc1. The van der Waals surface area contributed by atoms with Gasteiger partial charge in [-0.15, -0.1) is 0 Å². The maximum absolute atomic E-state index is 12.5. The van der Waals surface area contributed by atoms with E-state index in [-0.39, 0.29) is 16.9 Å². The van der Waals surface area contributed by atoms with Crippen molar-refractivity contribution in [2.75, 3.05) is 7.11 Å². The Morgan fingerprint density at radius 3 is 2.18 bits per heavy atom. The van der Waals surface area contributed by atoms with Crippen LogP contribution in [0.15, 0.2) is 54.6 Å². The lowest BCUT2D eigenvalue weighted by atomic mass is 10.1. The number of hydrogen-bond donors (Lipinski definition) is 0. The predicted molar refractivity (Wildman–Crippen MR) is 79.0 cm³/mol. The first-order chi connectivity index (χ1) is 10.6. The summed E-state index contributed by atoms with van der Waals surface area (Å²) in [6, 6.07) is 13.4. The second kappa shape index (κ2) is 6.49. The molecule has 0 aliphatic heterocycles. The van der Waals surface area contributed by atoms with E-state index in [1.165, 1.54) is 36.4 Å². The highest BCUT2D eigenvalue weighted by Crippen LogP contribution is 2.21. The zero-order valence-corrected chi connectivity index (χ0v) is 11.6. The van der Waals surface area contributed by atoms with Crippen LogP contribution in [-0.2, 0) is 9.53 Å². The molecule has 0 saturated heterocycles. The number of ether oxygens (including phenoxy) is 1. The van der Waals surface area contributed by atoms with Gasteiger partial charge in [-0.1, -0.05) is 30.3 Å². The first-order valence-electron chi connectivity index (χ1n) is 6.27. The van der Waals surface area contributed by atoms with E-state index < -0.39 is 16.6 Å². The monoisotopic (exact) mass is 300 g/mol. The predicted octanol–water partition coefficient (Wildman–Crippen LogP) is 2.40. The minimum atomic E-state index is -0.951. The number of methoxy groups -OCH3 is 1. The van der Waals surface area contributed by atoms with E-state index in [0.29, 0.717) is 4.74 Å². The van der Waals surface area contributed by atoms with Crippen LogP contribution in [0.5, 0.6) is 0 Å². The molecule has 0 heterocycles. The number of hydrogen-bond acceptors (Lipinski definition) is 5. The molecule has 0 N–H and O–H groups in total. The zero-order valence-electron chi connectivity index (χ0n) is 11.6. The minimum absolute atomic E-state index is 0.0989. The van der Waals surface area contributed by atoms with Crippen LogP contribution in [0.4, 0.5) is 11.4 Å². The Morgan fingerprint density at radius 1 is 1.00 bits per heavy atom. The maximum Gasteiger partial charge on any atom is 0.405 e. The number of nitrogens with zero attached hydrogens (tertiary/aromatic N) is 2. The summed E-state index contributed by atoms with van der Waals surface area (Å²) in [4.78, 5) is 22.4. The third-order valence-electron chi connectivity index (χ3n) is 2.93. The average Bonchev–Trinajstić information content (AvgIpc) is 2.55. The van der Waals surface area contributed by atoms with Crippen LogP contribution in [0.2, 0.25) is 0 Å². The summed E-state index contributed by atoms with van der Waals surface area (Å²) in [5, 5.41) is 23.6. The van der Waals surface area contributed by atoms with Gasteiger partial charge >= 0.3 is 11.7 Å². The standard InChI is InChI=1S/C15H12N2O5/c1-22-15(18)14(16(19)11-7-3-2-4-8-11)12-9-5-6-10-13(12)17(20)21/h2-10H,1H3/b16-14+. The quantitative estimate of drug-likeness (QED) is 0.216. The Hall–Kier alpha value is -3.22. The van der Waals surface area contributed by atoms with Gasteiger partial charge in [0.1, 0.15) is 5.56 Å². The molecular weight excluding hydrogens is 288 g/mol. The second-order valence-corrected chi connectivity index (χ2v) is 4.24. The molecule has 2 aromatic rings. The van der Waals surface area contributed by atoms with Crippen molar-refractivity contribution in [3.8, 4) is 0 Å². The fraction of sp³-hybridized carbons (Fsp3) is 0.0667. The molecule has 2 rings (SSSR count). The van der Waals surface area contributed by atoms with E-state index >= 15 is 0 Å². The van der Waals surface area contributed by atoms with Gasteiger partial charge in [0.15, 0.2) is 0 Å². The number of carbonyl (C=O) groups is 1. The van der Waals surface area contributed by atoms with Crippen molar-refractivity contribution in [3.05, 3.63) is 75.5 Å². The van der Waals surface area contributed by atoms with Gasteiger partial charge in [0, 0.05) is 18.2 Å². The molecule has 22 heavy (non-hydrogen) atoms. The van der Waals surface area contributed by atoms with Gasteiger partial charge in [-0.05, 0) is 6.07 Å². The molecule has 0 radical (unpaired) electrons. The average molecular weight is 300 g/mol. The molecule has 0 fully saturated rings. The molecule has 7 heteroatoms. The van der Waals surface area contributed by atoms with Crippen molar-refractivity contribution in [2.45, 2.75) is 0 Å². The summed E-state index contributed by atoms with van der Waals surface area (Å²) in [5.74, 6) is -0.951. The molecule has 0 aliphatic rings. The third kappa shape index (κ3) is 2.93. The molecule has 0 atom stereocenters. The van der Waals surface area contributed by atoms with Gasteiger partial charge in [0.2, 0.25) is 5.69 Å². The normalized spacial score (nSPS) is 11.5. The Labute approximate surface area is 125 Å². The van der Waals surface area contributed by atoms with Crippen LogP contribution in [-0.4, -0.2) is 28.5 Å². The van der Waals surface area contributed by atoms with Crippen LogP contribution < -0.4 is 0 Å². The van der Waals surface area contributed by atoms with E-state index in [4.69, 9.17) is 0 Å². The van der Waals surface area contributed by atoms with Crippen LogP contribution >= 0.6 is 0 Å². The molecular formula is C15H12N2O5. The Bertz CT molecular complexity index is 741. The van der Waals surface area contributed by atoms with Crippen molar-refractivity contribution in [1.29, 1.82) is 0 Å². The lowest BCUT2D eigenvalue weighted by molar-refractivity contribution is -0.386. The van der Waals surface area contributed by atoms with E-state index in [9.17, 15) is 20.1 Å². The lowest BCUT2D eigenvalue weighted by Gasteiger charge is -2.09. The van der Waals surface area contributed by atoms with Gasteiger partial charge in [-0.3, -0.25) is 10.1 Å². The fourth-order valence-electron chi connectivity index (χ4n) is 1.92. The Balaban J connectivity index is 2.73. The first kappa shape index (κ1) is 15.2. The van der Waals surface area contributed by atoms with Crippen LogP contribution in [0.1, 0.15) is 5.56 Å². The highest BCUT2D eigenvalue weighted by molar-refractivity contribution is 6.42. The number of para-hydroxylation sites is 2. The number of benzene rings is 2. The van der Waals surface area contributed by atoms with Crippen LogP contribution in [0.3, 0.4) is 0 Å². The van der Waals surface area contributed by atoms with E-state index in [2.05, 4.69) is 4.74 Å². The zero-order chi connectivity index (χ0) is 16.1. The molecule has 0 aromatic heterocycles. The minimum Gasteiger partial charge on any atom is -0.618 e. The molecule has 0 aliphatic carbocycles. The summed E-state index contributed by atoms with van der Waals surface area (Å²) < 4.78 is 4.93. The van der Waals surface area contributed by atoms with E-state index in [1.54, 1.807) is 18.2 Å². The largest absolute Gasteiger partial charge is 0.618 e. The Morgan fingerprint density at radius 2 is 1.59 bits per heavy atom. The highest BCUT2D eigenvalue weighted by Gasteiger charge is 2.31. The molecule has 2 aromatic carbocycles. The summed E-state index contributed by atoms with van der Waals surface area (Å²) in [6.45, 7) is 0. The molecule has 7 nitrogen and oxygen atoms in total. The van der Waals surface area contributed by atoms with Crippen molar-refractivity contribution in [3.63, 3.8) is 0 Å². The number of nitro groups is 1. The van der Waals surface area contributed by atoms with Gasteiger partial charge in [-0.2, -0.15) is 4.74 Å². The van der Waals surface area contributed by atoms with E-state index in [0.717, 1.165) is 7.11 Å². The first-order valence-corrected chi connectivity index (χ1v) is 6.27. The van der Waals surface area contributed by atoms with Crippen molar-refractivity contribution >= 4 is 23.1 Å². The summed E-state index contributed by atoms with van der Waals surface area (Å²) in [6.07, 6.45) is 0. The van der Waals surface area contributed by atoms with Crippen molar-refractivity contribution in [2.24, 2.45) is 0 Å². The molecule has 112 valence electrons. The van der Waals surface area contributed by atoms with Gasteiger partial charge in [0.05, 0.1) is 12.0 Å². The molecule has 0 bridgehead atoms. The lowest BCUT2D eigenvalue weighted by Crippen LogP contribution is -2.25. The summed E-state index contributed by atoms with van der Waals surface area (Å²) in [5.41, 5.74) is -0.722. The number of carbonyl (C=O) groups excluding carboxylic acids is 1. The number of rotatable bonds is 4. The van der Waals surface area contributed by atoms with Crippen molar-refractivity contribution in [1.82, 2.24) is 0 Å². The number of nitro benzene ring substituents is 1.